The van der Waals surface area contributed by atoms with Gasteiger partial charge in [0.05, 0.1) is 31.2 Å². The largest absolute Gasteiger partial charge is 1.00 e. The normalized spacial score (nSPS) is 11.9. The SMILES string of the molecule is I/C(CSc1cccc2cccnc12)=C(/I)CSc1cccc2ccc[nH+]c12.I/C(CSc1cccc2cccnc12)=C(/I)CSc1cccc2ccc[nH+]c12.I/C(CSc1cccc2cccnc12)=C(/I)CSc1cccc2ccc[nH+]c12.[I-].[I-].[I-]. The van der Waals surface area contributed by atoms with Crippen LogP contribution in [0.15, 0.2) is 270 Å². The van der Waals surface area contributed by atoms with E-state index >= 15 is 0 Å². The third-order valence-electron chi connectivity index (χ3n) is 12.8. The molecule has 0 saturated heterocycles. The van der Waals surface area contributed by atoms with Crippen molar-refractivity contribution in [3.63, 3.8) is 0 Å². The van der Waals surface area contributed by atoms with Crippen molar-refractivity contribution >= 4 is 272 Å². The third kappa shape index (κ3) is 21.3. The van der Waals surface area contributed by atoms with Gasteiger partial charge in [-0.05, 0) is 227 Å². The van der Waals surface area contributed by atoms with Crippen LogP contribution < -0.4 is 86.9 Å². The molecule has 6 heterocycles. The number of halogens is 9. The Kier molecular flexibility index (Phi) is 33.1. The van der Waals surface area contributed by atoms with Gasteiger partial charge in [0.2, 0.25) is 16.6 Å². The van der Waals surface area contributed by atoms with Crippen LogP contribution in [0.5, 0.6) is 0 Å². The van der Waals surface area contributed by atoms with Crippen LogP contribution in [-0.4, -0.2) is 49.5 Å². The Morgan fingerprint density at radius 2 is 0.471 bits per heavy atom. The van der Waals surface area contributed by atoms with Gasteiger partial charge in [-0.3, -0.25) is 15.0 Å². The van der Waals surface area contributed by atoms with E-state index in [2.05, 4.69) is 311 Å². The highest BCUT2D eigenvalue weighted by atomic mass is 127. The molecule has 0 aliphatic carbocycles. The highest BCUT2D eigenvalue weighted by Crippen LogP contribution is 2.38. The first-order valence-electron chi connectivity index (χ1n) is 26.2. The van der Waals surface area contributed by atoms with Gasteiger partial charge in [0, 0.05) is 140 Å². The highest BCUT2D eigenvalue weighted by molar-refractivity contribution is 14.1. The summed E-state index contributed by atoms with van der Waals surface area (Å²) in [4.78, 5) is 31.4. The molecular weight excluding hydrogens is 2210 g/mol. The van der Waals surface area contributed by atoms with Gasteiger partial charge < -0.3 is 71.9 Å². The minimum atomic E-state index is 0. The second kappa shape index (κ2) is 38.9. The van der Waals surface area contributed by atoms with E-state index < -0.39 is 0 Å². The summed E-state index contributed by atoms with van der Waals surface area (Å²) in [5.74, 6) is 5.85. The second-order valence-corrected chi connectivity index (χ2v) is 32.2. The fraction of sp³-hybridized carbons (Fsp3) is 0.0909. The van der Waals surface area contributed by atoms with Crippen molar-refractivity contribution in [2.75, 3.05) is 34.5 Å². The van der Waals surface area contributed by atoms with Crippen LogP contribution >= 0.6 is 206 Å². The third-order valence-corrected chi connectivity index (χ3v) is 31.6. The van der Waals surface area contributed by atoms with Gasteiger partial charge in [0.25, 0.3) is 0 Å². The lowest BCUT2D eigenvalue weighted by Crippen LogP contribution is -3.00. The number of benzene rings is 6. The van der Waals surface area contributed by atoms with Gasteiger partial charge in [0.1, 0.15) is 0 Å². The van der Waals surface area contributed by atoms with Crippen LogP contribution in [0.1, 0.15) is 0 Å². The maximum atomic E-state index is 4.56. The van der Waals surface area contributed by atoms with Crippen LogP contribution in [0.2, 0.25) is 0 Å². The minimum absolute atomic E-state index is 0. The van der Waals surface area contributed by atoms with E-state index in [9.17, 15) is 0 Å². The quantitative estimate of drug-likeness (QED) is 0.0616. The van der Waals surface area contributed by atoms with Crippen molar-refractivity contribution in [2.24, 2.45) is 0 Å². The Balaban J connectivity index is 0.000000183. The van der Waals surface area contributed by atoms with Crippen LogP contribution in [0, 0.1) is 0 Å². The highest BCUT2D eigenvalue weighted by Gasteiger charge is 2.15. The first-order valence-corrected chi connectivity index (χ1v) is 38.6. The molecule has 0 fully saturated rings. The molecule has 21 heteroatoms. The molecule has 0 spiro atoms. The van der Waals surface area contributed by atoms with Crippen LogP contribution in [0.3, 0.4) is 0 Å². The zero-order valence-corrected chi connectivity index (χ0v) is 70.0. The van der Waals surface area contributed by atoms with E-state index in [1.54, 1.807) is 0 Å². The van der Waals surface area contributed by atoms with E-state index in [1.165, 1.54) is 99.7 Å². The van der Waals surface area contributed by atoms with Gasteiger partial charge in [0.15, 0.2) is 18.6 Å². The predicted octanol–water partition coefficient (Wildman–Crippen LogP) is 12.5. The number of hydrogen-bond donors (Lipinski definition) is 0. The number of hydrogen-bond acceptors (Lipinski definition) is 9. The molecule has 6 nitrogen and oxygen atoms in total. The number of H-pyrrole nitrogens is 3. The molecule has 0 amide bonds. The molecule has 6 aromatic heterocycles. The average Bonchev–Trinajstić information content (AvgIpc) is 3.64. The van der Waals surface area contributed by atoms with E-state index in [4.69, 9.17) is 0 Å². The zero-order valence-electron chi connectivity index (χ0n) is 45.7. The first-order chi connectivity index (χ1) is 41.2. The van der Waals surface area contributed by atoms with Gasteiger partial charge in [-0.2, -0.15) is 0 Å². The molecule has 0 radical (unpaired) electrons. The minimum Gasteiger partial charge on any atom is -1.00 e. The average molecular weight is 2260 g/mol. The van der Waals surface area contributed by atoms with Crippen molar-refractivity contribution in [3.8, 4) is 0 Å². The molecule has 87 heavy (non-hydrogen) atoms. The van der Waals surface area contributed by atoms with Gasteiger partial charge in [-0.1, -0.05) is 72.8 Å². The molecule has 12 rings (SSSR count). The van der Waals surface area contributed by atoms with Crippen molar-refractivity contribution in [1.82, 2.24) is 15.0 Å². The van der Waals surface area contributed by atoms with Crippen molar-refractivity contribution in [2.45, 2.75) is 29.4 Å². The number of fused-ring (bicyclic) bond motifs is 6. The summed E-state index contributed by atoms with van der Waals surface area (Å²) in [5.41, 5.74) is 6.92. The summed E-state index contributed by atoms with van der Waals surface area (Å²) in [7, 11) is 0. The summed E-state index contributed by atoms with van der Waals surface area (Å²) >= 11 is 26.2. The Hall–Kier alpha value is -0.330. The monoisotopic (exact) mass is 2260 g/mol. The first kappa shape index (κ1) is 74.1. The van der Waals surface area contributed by atoms with Gasteiger partial charge >= 0.3 is 0 Å². The van der Waals surface area contributed by atoms with Crippen molar-refractivity contribution < 1.29 is 86.9 Å². The fourth-order valence-corrected chi connectivity index (χ4v) is 19.8. The molecule has 0 bridgehead atoms. The van der Waals surface area contributed by atoms with Crippen LogP contribution in [0.25, 0.3) is 65.4 Å². The van der Waals surface area contributed by atoms with E-state index in [0.717, 1.165) is 51.1 Å². The molecule has 0 unspecified atom stereocenters. The maximum Gasteiger partial charge on any atom is 0.224 e. The van der Waals surface area contributed by atoms with E-state index in [1.807, 2.05) is 144 Å². The van der Waals surface area contributed by atoms with Crippen molar-refractivity contribution in [1.29, 1.82) is 0 Å². The Morgan fingerprint density at radius 3 is 0.736 bits per heavy atom. The number of nitrogens with one attached hydrogen (secondary N) is 3. The molecule has 12 aromatic rings. The summed E-state index contributed by atoms with van der Waals surface area (Å²) in [5, 5.41) is 7.34. The summed E-state index contributed by atoms with van der Waals surface area (Å²) < 4.78 is 8.39. The van der Waals surface area contributed by atoms with Gasteiger partial charge in [-0.15, -0.1) is 70.6 Å². The molecule has 3 N–H and O–H groups in total. The standard InChI is InChI=1S/3C22H16I2N2S2.3HI/c3*23-17(13-27-19-9-1-5-15-7-3-11-25-21(15)19)18(24)14-28-20-10-2-6-16-8-4-12-26-22(16)20;;;/h3*1-12H,13-14H2;3*1H/b3*18-17+;;;. The fourth-order valence-electron chi connectivity index (χ4n) is 8.63. The second-order valence-electron chi connectivity index (χ2n) is 18.3. The molecule has 0 atom stereocenters. The number of rotatable bonds is 18. The zero-order chi connectivity index (χ0) is 58.0. The van der Waals surface area contributed by atoms with Crippen molar-refractivity contribution in [3.05, 3.63) is 241 Å². The lowest BCUT2D eigenvalue weighted by Gasteiger charge is -2.07. The van der Waals surface area contributed by atoms with E-state index in [0.29, 0.717) is 0 Å². The smallest absolute Gasteiger partial charge is 0.224 e. The number of pyridine rings is 6. The number of aromatic amines is 3. The Morgan fingerprint density at radius 1 is 0.264 bits per heavy atom. The summed E-state index contributed by atoms with van der Waals surface area (Å²) in [6.45, 7) is 0. The van der Waals surface area contributed by atoms with Crippen LogP contribution in [-0.2, 0) is 0 Å². The summed E-state index contributed by atoms with van der Waals surface area (Å²) in [6, 6.07) is 63.5. The summed E-state index contributed by atoms with van der Waals surface area (Å²) in [6.07, 6.45) is 11.6. The lowest BCUT2D eigenvalue weighted by molar-refractivity contribution is -0.346. The lowest BCUT2D eigenvalue weighted by atomic mass is 10.2. The molecule has 0 saturated carbocycles. The molecule has 444 valence electrons. The Labute approximate surface area is 666 Å². The maximum absolute atomic E-state index is 4.56. The number of para-hydroxylation sites is 6. The number of nitrogens with zero attached hydrogens (tertiary/aromatic N) is 3. The topological polar surface area (TPSA) is 81.1 Å². The predicted molar refractivity (Wildman–Crippen MR) is 416 cm³/mol. The molecule has 6 aromatic carbocycles. The molecule has 0 aliphatic heterocycles. The number of aromatic nitrogens is 6. The Bertz CT molecular complexity index is 3630. The van der Waals surface area contributed by atoms with Crippen LogP contribution in [0.4, 0.5) is 0 Å². The molecular formula is C66H51I9N6S6. The van der Waals surface area contributed by atoms with Gasteiger partial charge in [-0.25, -0.2) is 15.0 Å². The molecule has 0 aliphatic rings. The van der Waals surface area contributed by atoms with E-state index in [-0.39, 0.29) is 71.9 Å². The number of thioether (sulfide) groups is 6.